The molecule has 29 heavy (non-hydrogen) atoms. The van der Waals surface area contributed by atoms with Gasteiger partial charge in [0.1, 0.15) is 5.60 Å². The lowest BCUT2D eigenvalue weighted by Gasteiger charge is -2.32. The fourth-order valence-corrected chi connectivity index (χ4v) is 3.91. The van der Waals surface area contributed by atoms with Crippen molar-refractivity contribution in [3.05, 3.63) is 23.0 Å². The third-order valence-electron chi connectivity index (χ3n) is 5.52. The van der Waals surface area contributed by atoms with Gasteiger partial charge < -0.3 is 18.9 Å². The summed E-state index contributed by atoms with van der Waals surface area (Å²) in [5.41, 5.74) is 2.13. The van der Waals surface area contributed by atoms with Gasteiger partial charge in [-0.3, -0.25) is 9.59 Å². The molecule has 7 heteroatoms. The fourth-order valence-electron chi connectivity index (χ4n) is 3.91. The first-order valence-corrected chi connectivity index (χ1v) is 10.4. The number of nitrogens with zero attached hydrogens (tertiary/aromatic N) is 2. The van der Waals surface area contributed by atoms with Crippen molar-refractivity contribution in [2.24, 2.45) is 5.92 Å². The molecule has 0 bridgehead atoms. The average Bonchev–Trinajstić information content (AvgIpc) is 3.43. The van der Waals surface area contributed by atoms with Crippen LogP contribution in [-0.2, 0) is 14.3 Å². The van der Waals surface area contributed by atoms with Crippen molar-refractivity contribution < 1.29 is 23.9 Å². The predicted octanol–water partition coefficient (Wildman–Crippen LogP) is 3.81. The van der Waals surface area contributed by atoms with E-state index < -0.39 is 5.60 Å². The van der Waals surface area contributed by atoms with Crippen LogP contribution in [0.4, 0.5) is 4.79 Å². The Hall–Kier alpha value is -2.31. The molecule has 160 valence electrons. The van der Waals surface area contributed by atoms with Gasteiger partial charge in [-0.05, 0) is 66.4 Å². The summed E-state index contributed by atoms with van der Waals surface area (Å²) in [6.45, 7) is 10.1. The maximum Gasteiger partial charge on any atom is 0.410 e. The lowest BCUT2D eigenvalue weighted by Crippen LogP contribution is -2.43. The molecule has 1 saturated heterocycles. The highest BCUT2D eigenvalue weighted by atomic mass is 16.6. The van der Waals surface area contributed by atoms with Crippen LogP contribution in [0.5, 0.6) is 0 Å². The number of ketones is 1. The van der Waals surface area contributed by atoms with Gasteiger partial charge in [0.15, 0.2) is 6.61 Å². The smallest absolute Gasteiger partial charge is 0.410 e. The van der Waals surface area contributed by atoms with Gasteiger partial charge in [0.25, 0.3) is 0 Å². The number of likely N-dealkylation sites (tertiary alicyclic amines) is 1. The minimum absolute atomic E-state index is 0.162. The monoisotopic (exact) mass is 404 g/mol. The zero-order chi connectivity index (χ0) is 21.3. The van der Waals surface area contributed by atoms with Crippen LogP contribution in [0.25, 0.3) is 0 Å². The lowest BCUT2D eigenvalue weighted by atomic mass is 9.97. The molecule has 2 fully saturated rings. The zero-order valence-corrected chi connectivity index (χ0v) is 18.1. The predicted molar refractivity (Wildman–Crippen MR) is 108 cm³/mol. The molecular weight excluding hydrogens is 372 g/mol. The van der Waals surface area contributed by atoms with Crippen LogP contribution in [-0.4, -0.2) is 52.6 Å². The average molecular weight is 405 g/mol. The van der Waals surface area contributed by atoms with E-state index in [0.29, 0.717) is 37.5 Å². The maximum atomic E-state index is 12.6. The molecule has 0 spiro atoms. The Morgan fingerprint density at radius 3 is 2.24 bits per heavy atom. The highest BCUT2D eigenvalue weighted by Gasteiger charge is 2.32. The Labute approximate surface area is 172 Å². The molecule has 2 aliphatic rings. The van der Waals surface area contributed by atoms with Gasteiger partial charge in [0, 0.05) is 36.1 Å². The normalized spacial score (nSPS) is 17.9. The van der Waals surface area contributed by atoms with Crippen molar-refractivity contribution in [1.29, 1.82) is 0 Å². The number of hydrogen-bond acceptors (Lipinski definition) is 5. The summed E-state index contributed by atoms with van der Waals surface area (Å²) in [7, 11) is 0. The molecule has 0 atom stereocenters. The second kappa shape index (κ2) is 8.20. The number of Topliss-reactive ketones (excluding diaryl/α,β-unsaturated/α-hetero) is 1. The topological polar surface area (TPSA) is 77.8 Å². The van der Waals surface area contributed by atoms with Crippen LogP contribution in [0.2, 0.25) is 0 Å². The van der Waals surface area contributed by atoms with E-state index in [9.17, 15) is 14.4 Å². The van der Waals surface area contributed by atoms with Crippen molar-refractivity contribution in [3.8, 4) is 0 Å². The number of hydrogen-bond donors (Lipinski definition) is 0. The van der Waals surface area contributed by atoms with Crippen LogP contribution in [0.3, 0.4) is 0 Å². The largest absolute Gasteiger partial charge is 0.457 e. The van der Waals surface area contributed by atoms with Crippen LogP contribution >= 0.6 is 0 Å². The summed E-state index contributed by atoms with van der Waals surface area (Å²) in [6, 6.07) is 2.40. The molecule has 7 nitrogen and oxygen atoms in total. The van der Waals surface area contributed by atoms with Crippen molar-refractivity contribution in [3.63, 3.8) is 0 Å². The van der Waals surface area contributed by atoms with Gasteiger partial charge in [-0.1, -0.05) is 0 Å². The van der Waals surface area contributed by atoms with Crippen molar-refractivity contribution in [2.75, 3.05) is 19.7 Å². The standard InChI is InChI=1S/C22H32N2O5/c1-14-12-18(15(2)24(14)17-6-7-17)19(25)13-28-20(26)16-8-10-23(11-9-16)21(27)29-22(3,4)5/h12,16-17H,6-11,13H2,1-5H3. The maximum absolute atomic E-state index is 12.6. The SMILES string of the molecule is Cc1cc(C(=O)COC(=O)C2CCN(C(=O)OC(C)(C)C)CC2)c(C)n1C1CC1. The van der Waals surface area contributed by atoms with Gasteiger partial charge >= 0.3 is 12.1 Å². The molecule has 0 radical (unpaired) electrons. The summed E-state index contributed by atoms with van der Waals surface area (Å²) in [4.78, 5) is 38.7. The Morgan fingerprint density at radius 1 is 1.07 bits per heavy atom. The number of esters is 1. The van der Waals surface area contributed by atoms with Gasteiger partial charge in [-0.2, -0.15) is 0 Å². The number of amides is 1. The van der Waals surface area contributed by atoms with Crippen LogP contribution < -0.4 is 0 Å². The molecule has 1 aromatic rings. The first-order valence-electron chi connectivity index (χ1n) is 10.4. The van der Waals surface area contributed by atoms with E-state index in [-0.39, 0.29) is 30.4 Å². The number of ether oxygens (including phenoxy) is 2. The van der Waals surface area contributed by atoms with E-state index >= 15 is 0 Å². The van der Waals surface area contributed by atoms with Crippen LogP contribution in [0.15, 0.2) is 6.07 Å². The van der Waals surface area contributed by atoms with Gasteiger partial charge in [0.2, 0.25) is 5.78 Å². The minimum atomic E-state index is -0.540. The number of piperidine rings is 1. The Bertz CT molecular complexity index is 793. The van der Waals surface area contributed by atoms with E-state index in [0.717, 1.165) is 24.2 Å². The van der Waals surface area contributed by atoms with Crippen LogP contribution in [0, 0.1) is 19.8 Å². The molecule has 0 N–H and O–H groups in total. The summed E-state index contributed by atoms with van der Waals surface area (Å²) < 4.78 is 12.9. The van der Waals surface area contributed by atoms with E-state index in [1.54, 1.807) is 4.90 Å². The molecule has 0 unspecified atom stereocenters. The summed E-state index contributed by atoms with van der Waals surface area (Å²) in [5, 5.41) is 0. The van der Waals surface area contributed by atoms with Crippen molar-refractivity contribution in [1.82, 2.24) is 9.47 Å². The summed E-state index contributed by atoms with van der Waals surface area (Å²) >= 11 is 0. The molecule has 0 aromatic carbocycles. The second-order valence-corrected chi connectivity index (χ2v) is 9.16. The van der Waals surface area contributed by atoms with Crippen molar-refractivity contribution >= 4 is 17.8 Å². The highest BCUT2D eigenvalue weighted by molar-refractivity contribution is 5.99. The third-order valence-corrected chi connectivity index (χ3v) is 5.52. The number of rotatable bonds is 5. The molecule has 2 heterocycles. The van der Waals surface area contributed by atoms with Gasteiger partial charge in [-0.25, -0.2) is 4.79 Å². The van der Waals surface area contributed by atoms with E-state index in [1.165, 1.54) is 0 Å². The number of aryl methyl sites for hydroxylation is 1. The number of carbonyl (C=O) groups excluding carboxylic acids is 3. The quantitative estimate of drug-likeness (QED) is 0.551. The lowest BCUT2D eigenvalue weighted by molar-refractivity contribution is -0.149. The molecular formula is C22H32N2O5. The van der Waals surface area contributed by atoms with E-state index in [1.807, 2.05) is 40.7 Å². The minimum Gasteiger partial charge on any atom is -0.457 e. The van der Waals surface area contributed by atoms with E-state index in [4.69, 9.17) is 9.47 Å². The third kappa shape index (κ3) is 5.19. The van der Waals surface area contributed by atoms with Crippen LogP contribution in [0.1, 0.15) is 74.2 Å². The van der Waals surface area contributed by atoms with Crippen molar-refractivity contribution in [2.45, 2.75) is 71.9 Å². The molecule has 1 amide bonds. The van der Waals surface area contributed by atoms with Gasteiger partial charge in [-0.15, -0.1) is 0 Å². The number of aromatic nitrogens is 1. The molecule has 3 rings (SSSR count). The molecule has 1 aromatic heterocycles. The second-order valence-electron chi connectivity index (χ2n) is 9.16. The fraction of sp³-hybridized carbons (Fsp3) is 0.682. The van der Waals surface area contributed by atoms with E-state index in [2.05, 4.69) is 4.57 Å². The summed E-state index contributed by atoms with van der Waals surface area (Å²) in [6.07, 6.45) is 2.98. The molecule has 1 aliphatic heterocycles. The Kier molecular flexibility index (Phi) is 6.05. The van der Waals surface area contributed by atoms with Gasteiger partial charge in [0.05, 0.1) is 5.92 Å². The summed E-state index contributed by atoms with van der Waals surface area (Å²) in [5.74, 6) is -0.817. The number of carbonyl (C=O) groups is 3. The zero-order valence-electron chi connectivity index (χ0n) is 18.1. The Balaban J connectivity index is 1.47. The first-order chi connectivity index (χ1) is 13.6. The molecule has 1 saturated carbocycles. The first kappa shape index (κ1) is 21.4. The highest BCUT2D eigenvalue weighted by Crippen LogP contribution is 2.38. The molecule has 1 aliphatic carbocycles. The Morgan fingerprint density at radius 2 is 1.69 bits per heavy atom.